The molecular formula is C23H30O6. The van der Waals surface area contributed by atoms with Gasteiger partial charge in [0.2, 0.25) is 0 Å². The van der Waals surface area contributed by atoms with E-state index in [4.69, 9.17) is 23.7 Å². The molecule has 6 nitrogen and oxygen atoms in total. The van der Waals surface area contributed by atoms with Crippen LogP contribution in [0.25, 0.3) is 11.1 Å². The van der Waals surface area contributed by atoms with Gasteiger partial charge in [-0.25, -0.2) is 0 Å². The molecule has 0 aromatic heterocycles. The molecule has 2 aromatic carbocycles. The highest BCUT2D eigenvalue weighted by Crippen LogP contribution is 2.41. The third kappa shape index (κ3) is 6.56. The lowest BCUT2D eigenvalue weighted by atomic mass is 9.89. The van der Waals surface area contributed by atoms with Crippen LogP contribution in [0.2, 0.25) is 0 Å². The number of methoxy groups -OCH3 is 2. The number of rotatable bonds is 14. The number of carbonyl (C=O) groups is 1. The molecule has 0 aliphatic carbocycles. The second-order valence-corrected chi connectivity index (χ2v) is 6.37. The van der Waals surface area contributed by atoms with Crippen LogP contribution in [0.4, 0.5) is 0 Å². The number of aldehydes is 1. The predicted octanol–water partition coefficient (Wildman–Crippen LogP) is 4.03. The molecule has 0 spiro atoms. The predicted molar refractivity (Wildman–Crippen MR) is 111 cm³/mol. The van der Waals surface area contributed by atoms with Gasteiger partial charge in [-0.2, -0.15) is 0 Å². The van der Waals surface area contributed by atoms with Crippen molar-refractivity contribution in [3.8, 4) is 22.6 Å². The first-order chi connectivity index (χ1) is 14.3. The molecule has 0 bridgehead atoms. The van der Waals surface area contributed by atoms with Gasteiger partial charge in [-0.1, -0.05) is 37.3 Å². The summed E-state index contributed by atoms with van der Waals surface area (Å²) in [7, 11) is 3.19. The standard InChI is InChI=1S/C23H30O6/c1-4-19-20(11-8-13-27-14-12-24)23(18-9-6-5-7-10-18)22(29-17-26-3)15-21(19)28-16-25-2/h5-7,9-10,12,15H,4,8,11,13-14,16-17H2,1-3H3. The SMILES string of the molecule is CCc1c(OCOC)cc(OCOC)c(-c2ccccc2)c1CCCOCC=O. The first-order valence-electron chi connectivity index (χ1n) is 9.75. The van der Waals surface area contributed by atoms with Gasteiger partial charge in [0.05, 0.1) is 0 Å². The van der Waals surface area contributed by atoms with Crippen LogP contribution < -0.4 is 9.47 Å². The minimum absolute atomic E-state index is 0.116. The Morgan fingerprint density at radius 2 is 1.62 bits per heavy atom. The Hall–Kier alpha value is -2.41. The van der Waals surface area contributed by atoms with Gasteiger partial charge in [0.25, 0.3) is 0 Å². The van der Waals surface area contributed by atoms with E-state index in [2.05, 4.69) is 19.1 Å². The molecule has 0 unspecified atom stereocenters. The third-order valence-corrected chi connectivity index (χ3v) is 4.45. The third-order valence-electron chi connectivity index (χ3n) is 4.45. The summed E-state index contributed by atoms with van der Waals surface area (Å²) in [4.78, 5) is 10.5. The van der Waals surface area contributed by atoms with E-state index in [1.165, 1.54) is 0 Å². The zero-order valence-electron chi connectivity index (χ0n) is 17.4. The van der Waals surface area contributed by atoms with Crippen LogP contribution in [-0.4, -0.2) is 47.3 Å². The number of carbonyl (C=O) groups excluding carboxylic acids is 1. The smallest absolute Gasteiger partial charge is 0.188 e. The summed E-state index contributed by atoms with van der Waals surface area (Å²) in [5, 5.41) is 0. The van der Waals surface area contributed by atoms with E-state index in [1.807, 2.05) is 24.3 Å². The van der Waals surface area contributed by atoms with E-state index in [-0.39, 0.29) is 20.2 Å². The highest BCUT2D eigenvalue weighted by atomic mass is 16.7. The molecule has 158 valence electrons. The molecule has 0 atom stereocenters. The maximum atomic E-state index is 10.5. The normalized spacial score (nSPS) is 10.7. The summed E-state index contributed by atoms with van der Waals surface area (Å²) in [6, 6.07) is 12.0. The summed E-state index contributed by atoms with van der Waals surface area (Å²) in [5.74, 6) is 1.44. The van der Waals surface area contributed by atoms with Crippen LogP contribution in [0.5, 0.6) is 11.5 Å². The zero-order valence-corrected chi connectivity index (χ0v) is 17.4. The van der Waals surface area contributed by atoms with Crippen LogP contribution in [0.1, 0.15) is 24.5 Å². The molecule has 2 aromatic rings. The highest BCUT2D eigenvalue weighted by Gasteiger charge is 2.20. The van der Waals surface area contributed by atoms with Crippen molar-refractivity contribution in [2.75, 3.05) is 41.0 Å². The van der Waals surface area contributed by atoms with Crippen molar-refractivity contribution < 1.29 is 28.5 Å². The van der Waals surface area contributed by atoms with Crippen LogP contribution in [0, 0.1) is 0 Å². The summed E-state index contributed by atoms with van der Waals surface area (Å²) in [5.41, 5.74) is 4.35. The van der Waals surface area contributed by atoms with Gasteiger partial charge in [-0.3, -0.25) is 0 Å². The summed E-state index contributed by atoms with van der Waals surface area (Å²) < 4.78 is 27.4. The Morgan fingerprint density at radius 1 is 0.931 bits per heavy atom. The summed E-state index contributed by atoms with van der Waals surface area (Å²) in [6.45, 7) is 3.02. The van der Waals surface area contributed by atoms with Crippen molar-refractivity contribution in [2.45, 2.75) is 26.2 Å². The summed E-state index contributed by atoms with van der Waals surface area (Å²) >= 11 is 0. The van der Waals surface area contributed by atoms with E-state index in [0.717, 1.165) is 53.6 Å². The van der Waals surface area contributed by atoms with Crippen LogP contribution >= 0.6 is 0 Å². The molecule has 0 saturated carbocycles. The maximum Gasteiger partial charge on any atom is 0.188 e. The molecule has 6 heteroatoms. The van der Waals surface area contributed by atoms with Gasteiger partial charge in [0.1, 0.15) is 24.4 Å². The first kappa shape index (κ1) is 22.9. The van der Waals surface area contributed by atoms with E-state index in [0.29, 0.717) is 12.4 Å². The largest absolute Gasteiger partial charge is 0.467 e. The first-order valence-corrected chi connectivity index (χ1v) is 9.75. The van der Waals surface area contributed by atoms with Gasteiger partial charge in [0.15, 0.2) is 13.6 Å². The quantitative estimate of drug-likeness (QED) is 0.270. The molecule has 0 aliphatic rings. The van der Waals surface area contributed by atoms with Gasteiger partial charge >= 0.3 is 0 Å². The van der Waals surface area contributed by atoms with Gasteiger partial charge in [-0.05, 0) is 36.0 Å². The van der Waals surface area contributed by atoms with Crippen molar-refractivity contribution in [1.29, 1.82) is 0 Å². The number of hydrogen-bond donors (Lipinski definition) is 0. The van der Waals surface area contributed by atoms with Crippen LogP contribution in [-0.2, 0) is 31.8 Å². The topological polar surface area (TPSA) is 63.2 Å². The minimum atomic E-state index is 0.116. The molecular weight excluding hydrogens is 372 g/mol. The Labute approximate surface area is 172 Å². The lowest BCUT2D eigenvalue weighted by Crippen LogP contribution is -2.09. The van der Waals surface area contributed by atoms with Gasteiger partial charge < -0.3 is 28.5 Å². The monoisotopic (exact) mass is 402 g/mol. The lowest BCUT2D eigenvalue weighted by molar-refractivity contribution is -0.111. The molecule has 0 heterocycles. The van der Waals surface area contributed by atoms with E-state index >= 15 is 0 Å². The average molecular weight is 402 g/mol. The Bertz CT molecular complexity index is 745. The Morgan fingerprint density at radius 3 is 2.24 bits per heavy atom. The Kier molecular flexibility index (Phi) is 10.2. The molecule has 29 heavy (non-hydrogen) atoms. The van der Waals surface area contributed by atoms with E-state index in [9.17, 15) is 4.79 Å². The average Bonchev–Trinajstić information content (AvgIpc) is 2.76. The van der Waals surface area contributed by atoms with Crippen molar-refractivity contribution in [1.82, 2.24) is 0 Å². The van der Waals surface area contributed by atoms with Crippen molar-refractivity contribution >= 4 is 6.29 Å². The van der Waals surface area contributed by atoms with Crippen molar-refractivity contribution in [3.63, 3.8) is 0 Å². The maximum absolute atomic E-state index is 10.5. The van der Waals surface area contributed by atoms with Crippen molar-refractivity contribution in [2.24, 2.45) is 0 Å². The fourth-order valence-corrected chi connectivity index (χ4v) is 3.28. The van der Waals surface area contributed by atoms with E-state index < -0.39 is 0 Å². The Balaban J connectivity index is 2.53. The van der Waals surface area contributed by atoms with Crippen LogP contribution in [0.3, 0.4) is 0 Å². The second-order valence-electron chi connectivity index (χ2n) is 6.37. The van der Waals surface area contributed by atoms with Gasteiger partial charge in [0, 0.05) is 32.5 Å². The highest BCUT2D eigenvalue weighted by molar-refractivity contribution is 5.77. The lowest BCUT2D eigenvalue weighted by Gasteiger charge is -2.22. The van der Waals surface area contributed by atoms with Crippen molar-refractivity contribution in [3.05, 3.63) is 47.5 Å². The molecule has 0 saturated heterocycles. The molecule has 0 aliphatic heterocycles. The number of ether oxygens (including phenoxy) is 5. The van der Waals surface area contributed by atoms with E-state index in [1.54, 1.807) is 14.2 Å². The summed E-state index contributed by atoms with van der Waals surface area (Å²) in [6.07, 6.45) is 3.11. The zero-order chi connectivity index (χ0) is 20.9. The minimum Gasteiger partial charge on any atom is -0.467 e. The second kappa shape index (κ2) is 12.9. The fourth-order valence-electron chi connectivity index (χ4n) is 3.28. The molecule has 0 fully saturated rings. The molecule has 0 N–H and O–H groups in total. The molecule has 2 rings (SSSR count). The molecule has 0 radical (unpaired) electrons. The fraction of sp³-hybridized carbons (Fsp3) is 0.435. The van der Waals surface area contributed by atoms with Gasteiger partial charge in [-0.15, -0.1) is 0 Å². The number of hydrogen-bond acceptors (Lipinski definition) is 6. The number of benzene rings is 2. The molecule has 0 amide bonds. The van der Waals surface area contributed by atoms with Crippen LogP contribution in [0.15, 0.2) is 36.4 Å².